The van der Waals surface area contributed by atoms with Gasteiger partial charge in [-0.1, -0.05) is 58.3 Å². The Hall–Kier alpha value is -1.07. The van der Waals surface area contributed by atoms with Gasteiger partial charge in [0, 0.05) is 0 Å². The molecule has 1 heterocycles. The number of unbranched alkanes of at least 4 members (excludes halogenated alkanes) is 9. The number of nitrogens with zero attached hydrogens (tertiary/aromatic N) is 1. The van der Waals surface area contributed by atoms with E-state index in [0.717, 1.165) is 0 Å². The lowest BCUT2D eigenvalue weighted by molar-refractivity contribution is -0.787. The highest BCUT2D eigenvalue weighted by molar-refractivity contribution is 5.00. The molecule has 2 nitrogen and oxygen atoms in total. The number of hydrogen-bond donors (Lipinski definition) is 1. The molecule has 0 atom stereocenters. The number of quaternary nitrogens is 1. The predicted octanol–water partition coefficient (Wildman–Crippen LogP) is 3.93. The molecule has 0 unspecified atom stereocenters. The molecule has 19 heavy (non-hydrogen) atoms. The minimum atomic E-state index is 1.28. The number of nitrogens with one attached hydrogen (secondary N) is 1. The van der Waals surface area contributed by atoms with Gasteiger partial charge < -0.3 is 11.8 Å². The van der Waals surface area contributed by atoms with Gasteiger partial charge in [0.25, 0.3) is 0 Å². The Bertz CT molecular complexity index is 241. The lowest BCUT2D eigenvalue weighted by Crippen LogP contribution is -3.01. The van der Waals surface area contributed by atoms with Gasteiger partial charge in [-0.25, -0.2) is 0 Å². The summed E-state index contributed by atoms with van der Waals surface area (Å²) in [4.78, 5) is 1.52. The second-order valence-electron chi connectivity index (χ2n) is 5.23. The van der Waals surface area contributed by atoms with E-state index in [-0.39, 0.29) is 0 Å². The van der Waals surface area contributed by atoms with Gasteiger partial charge in [-0.05, 0) is 25.0 Å². The zero-order chi connectivity index (χ0) is 14.2. The van der Waals surface area contributed by atoms with Crippen molar-refractivity contribution in [3.8, 4) is 0 Å². The Labute approximate surface area is 119 Å². The molecular weight excluding hydrogens is 232 g/mol. The molecule has 1 aliphatic rings. The zero-order valence-electron chi connectivity index (χ0n) is 12.5. The summed E-state index contributed by atoms with van der Waals surface area (Å²) in [5.41, 5.74) is 0. The fraction of sp³-hybridized carbons (Fsp3) is 0.706. The monoisotopic (exact) mass is 262 g/mol. The van der Waals surface area contributed by atoms with Gasteiger partial charge in [0.2, 0.25) is 0 Å². The molecule has 0 saturated carbocycles. The third kappa shape index (κ3) is 11.7. The quantitative estimate of drug-likeness (QED) is 0.443. The maximum absolute atomic E-state index is 6.25. The highest BCUT2D eigenvalue weighted by atomic mass is 15.1. The highest BCUT2D eigenvalue weighted by Crippen LogP contribution is 2.09. The zero-order valence-corrected chi connectivity index (χ0v) is 12.5. The maximum atomic E-state index is 6.25. The summed E-state index contributed by atoms with van der Waals surface area (Å²) in [6.07, 6.45) is 23.1. The summed E-state index contributed by atoms with van der Waals surface area (Å²) in [6, 6.07) is 0. The maximum Gasteiger partial charge on any atom is 0.0990 e. The van der Waals surface area contributed by atoms with Gasteiger partial charge in [-0.15, -0.1) is 0 Å². The smallest absolute Gasteiger partial charge is 0.0990 e. The van der Waals surface area contributed by atoms with Crippen LogP contribution in [0.3, 0.4) is 0 Å². The molecule has 1 aliphatic heterocycles. The van der Waals surface area contributed by atoms with E-state index in [1.54, 1.807) is 0 Å². The van der Waals surface area contributed by atoms with Crippen LogP contribution in [0.25, 0.3) is 0 Å². The van der Waals surface area contributed by atoms with Crippen LogP contribution >= 0.6 is 0 Å². The highest BCUT2D eigenvalue weighted by Gasteiger charge is 2.02. The predicted molar refractivity (Wildman–Crippen MR) is 80.9 cm³/mol. The molecular formula is C17H30N2. The third-order valence-electron chi connectivity index (χ3n) is 3.55. The Morgan fingerprint density at radius 2 is 1.16 bits per heavy atom. The van der Waals surface area contributed by atoms with Crippen LogP contribution < -0.4 is 4.90 Å². The minimum Gasteiger partial charge on any atom is -0.512 e. The minimum absolute atomic E-state index is 1.28. The van der Waals surface area contributed by atoms with Gasteiger partial charge in [0.15, 0.2) is 0 Å². The number of rotatable bonds is 11. The van der Waals surface area contributed by atoms with Crippen molar-refractivity contribution in [3.05, 3.63) is 31.1 Å². The van der Waals surface area contributed by atoms with Crippen LogP contribution in [0, 0.1) is 11.8 Å². The van der Waals surface area contributed by atoms with Gasteiger partial charge in [0.05, 0.1) is 18.9 Å². The molecule has 0 aromatic heterocycles. The van der Waals surface area contributed by atoms with Gasteiger partial charge in [0.1, 0.15) is 0 Å². The Morgan fingerprint density at radius 3 is 1.63 bits per heavy atom. The van der Waals surface area contributed by atoms with Crippen LogP contribution in [0.15, 0.2) is 24.6 Å². The molecule has 2 heteroatoms. The standard InChI is InChI=1S/C16H29N.CN/c1-2-3-4-5-6-7-8-9-10-11-14-17-15-12-13-16-17;1-2/h12-13,15-16H,2-11,14H2,1H3;/q;-1/p+1. The van der Waals surface area contributed by atoms with E-state index in [2.05, 4.69) is 31.5 Å². The average molecular weight is 262 g/mol. The number of allylic oxidation sites excluding steroid dienone is 2. The van der Waals surface area contributed by atoms with Crippen molar-refractivity contribution < 1.29 is 4.90 Å². The summed E-state index contributed by atoms with van der Waals surface area (Å²) in [6.45, 7) is 8.32. The first kappa shape index (κ1) is 17.9. The Kier molecular flexibility index (Phi) is 14.1. The second-order valence-corrected chi connectivity index (χ2v) is 5.23. The van der Waals surface area contributed by atoms with E-state index in [1.807, 2.05) is 0 Å². The van der Waals surface area contributed by atoms with Crippen molar-refractivity contribution >= 4 is 0 Å². The Morgan fingerprint density at radius 1 is 0.737 bits per heavy atom. The Balaban J connectivity index is 0.00000154. The molecule has 0 fully saturated rings. The fourth-order valence-electron chi connectivity index (χ4n) is 2.40. The van der Waals surface area contributed by atoms with E-state index < -0.39 is 0 Å². The third-order valence-corrected chi connectivity index (χ3v) is 3.55. The topological polar surface area (TPSA) is 28.2 Å². The van der Waals surface area contributed by atoms with Crippen LogP contribution in [-0.2, 0) is 0 Å². The lowest BCUT2D eigenvalue weighted by Gasteiger charge is -2.06. The van der Waals surface area contributed by atoms with Crippen molar-refractivity contribution in [2.75, 3.05) is 6.54 Å². The first-order chi connectivity index (χ1) is 9.43. The van der Waals surface area contributed by atoms with Crippen molar-refractivity contribution in [2.24, 2.45) is 0 Å². The molecule has 0 aliphatic carbocycles. The SMILES string of the molecule is CCCCCCCCCCCC[NH+]1C=CC=C1.[C-]#N. The van der Waals surface area contributed by atoms with Gasteiger partial charge >= 0.3 is 0 Å². The first-order valence-corrected chi connectivity index (χ1v) is 7.86. The van der Waals surface area contributed by atoms with E-state index in [1.165, 1.54) is 75.7 Å². The van der Waals surface area contributed by atoms with Crippen LogP contribution in [0.2, 0.25) is 0 Å². The average Bonchev–Trinajstić information content (AvgIpc) is 2.96. The van der Waals surface area contributed by atoms with Crippen molar-refractivity contribution in [2.45, 2.75) is 71.1 Å². The molecule has 0 aromatic carbocycles. The lowest BCUT2D eigenvalue weighted by atomic mass is 10.1. The summed E-state index contributed by atoms with van der Waals surface area (Å²) in [5.74, 6) is 0. The molecule has 0 saturated heterocycles. The van der Waals surface area contributed by atoms with Crippen LogP contribution in [0.5, 0.6) is 0 Å². The van der Waals surface area contributed by atoms with Gasteiger partial charge in [-0.3, -0.25) is 4.90 Å². The largest absolute Gasteiger partial charge is 0.512 e. The van der Waals surface area contributed by atoms with Crippen LogP contribution in [-0.4, -0.2) is 6.54 Å². The van der Waals surface area contributed by atoms with Crippen molar-refractivity contribution in [3.63, 3.8) is 0 Å². The summed E-state index contributed by atoms with van der Waals surface area (Å²) in [5, 5.41) is 6.25. The van der Waals surface area contributed by atoms with E-state index in [4.69, 9.17) is 11.8 Å². The van der Waals surface area contributed by atoms with E-state index in [0.29, 0.717) is 0 Å². The van der Waals surface area contributed by atoms with E-state index >= 15 is 0 Å². The molecule has 0 radical (unpaired) electrons. The summed E-state index contributed by atoms with van der Waals surface area (Å²) < 4.78 is 0. The number of hydrogen-bond acceptors (Lipinski definition) is 1. The molecule has 0 amide bonds. The molecule has 1 N–H and O–H groups in total. The van der Waals surface area contributed by atoms with Crippen molar-refractivity contribution in [1.82, 2.24) is 0 Å². The second kappa shape index (κ2) is 15.0. The first-order valence-electron chi connectivity index (χ1n) is 7.86. The van der Waals surface area contributed by atoms with Crippen molar-refractivity contribution in [1.29, 1.82) is 5.26 Å². The fourth-order valence-corrected chi connectivity index (χ4v) is 2.40. The van der Waals surface area contributed by atoms with E-state index in [9.17, 15) is 0 Å². The van der Waals surface area contributed by atoms with Gasteiger partial charge in [-0.2, -0.15) is 0 Å². The molecule has 1 rings (SSSR count). The molecule has 0 spiro atoms. The molecule has 0 aromatic rings. The van der Waals surface area contributed by atoms with Crippen LogP contribution in [0.1, 0.15) is 71.1 Å². The molecule has 0 bridgehead atoms. The summed E-state index contributed by atoms with van der Waals surface area (Å²) in [7, 11) is 0. The molecule has 108 valence electrons. The normalized spacial score (nSPS) is 13.4. The summed E-state index contributed by atoms with van der Waals surface area (Å²) >= 11 is 0. The van der Waals surface area contributed by atoms with Crippen LogP contribution in [0.4, 0.5) is 0 Å².